The van der Waals surface area contributed by atoms with Crippen LogP contribution in [-0.2, 0) is 14.3 Å². The van der Waals surface area contributed by atoms with Crippen LogP contribution in [0.3, 0.4) is 0 Å². The third kappa shape index (κ3) is 2.66. The first kappa shape index (κ1) is 15.0. The highest BCUT2D eigenvalue weighted by atomic mass is 16.5. The predicted molar refractivity (Wildman–Crippen MR) is 67.2 cm³/mol. The van der Waals surface area contributed by atoms with Crippen LogP contribution in [0, 0.1) is 11.8 Å². The first-order valence-electron chi connectivity index (χ1n) is 6.41. The number of carboxylic acid groups (broad SMARTS) is 1. The lowest BCUT2D eigenvalue weighted by atomic mass is 9.70. The van der Waals surface area contributed by atoms with E-state index >= 15 is 0 Å². The zero-order chi connectivity index (χ0) is 13.9. The lowest BCUT2D eigenvalue weighted by Gasteiger charge is -2.50. The second kappa shape index (κ2) is 5.69. The quantitative estimate of drug-likeness (QED) is 0.770. The molecule has 1 N–H and O–H groups in total. The summed E-state index contributed by atoms with van der Waals surface area (Å²) in [5.41, 5.74) is -0.268. The normalized spacial score (nSPS) is 33.1. The largest absolute Gasteiger partial charge is 0.480 e. The van der Waals surface area contributed by atoms with Gasteiger partial charge in [-0.15, -0.1) is 0 Å². The second-order valence-electron chi connectivity index (χ2n) is 5.23. The van der Waals surface area contributed by atoms with E-state index in [0.29, 0.717) is 13.0 Å². The standard InChI is InChI=1S/C13H23NO4/c1-5-13(3)9(2)10(12(17)18-4)6-7-14(13)8-11(15)16/h9-10H,5-8H2,1-4H3,(H,15,16). The van der Waals surface area contributed by atoms with Crippen molar-refractivity contribution in [2.45, 2.75) is 39.2 Å². The van der Waals surface area contributed by atoms with Crippen LogP contribution in [0.25, 0.3) is 0 Å². The van der Waals surface area contributed by atoms with Crippen LogP contribution in [0.1, 0.15) is 33.6 Å². The van der Waals surface area contributed by atoms with Crippen molar-refractivity contribution in [1.82, 2.24) is 4.90 Å². The van der Waals surface area contributed by atoms with Crippen molar-refractivity contribution in [3.8, 4) is 0 Å². The summed E-state index contributed by atoms with van der Waals surface area (Å²) in [5.74, 6) is -1.05. The Morgan fingerprint density at radius 3 is 2.56 bits per heavy atom. The van der Waals surface area contributed by atoms with Crippen molar-refractivity contribution in [2.75, 3.05) is 20.2 Å². The molecule has 0 aromatic carbocycles. The molecule has 1 heterocycles. The number of piperidine rings is 1. The summed E-state index contributed by atoms with van der Waals surface area (Å²) in [5, 5.41) is 8.97. The van der Waals surface area contributed by atoms with Crippen LogP contribution in [0.5, 0.6) is 0 Å². The van der Waals surface area contributed by atoms with Gasteiger partial charge in [-0.3, -0.25) is 14.5 Å². The van der Waals surface area contributed by atoms with E-state index in [0.717, 1.165) is 6.42 Å². The summed E-state index contributed by atoms with van der Waals surface area (Å²) in [6.07, 6.45) is 1.48. The fourth-order valence-corrected chi connectivity index (χ4v) is 2.96. The van der Waals surface area contributed by atoms with E-state index in [1.54, 1.807) is 0 Å². The Hall–Kier alpha value is -1.10. The van der Waals surface area contributed by atoms with Gasteiger partial charge in [-0.05, 0) is 25.7 Å². The molecule has 5 heteroatoms. The molecule has 0 aromatic rings. The van der Waals surface area contributed by atoms with Gasteiger partial charge < -0.3 is 9.84 Å². The van der Waals surface area contributed by atoms with Crippen LogP contribution in [0.15, 0.2) is 0 Å². The van der Waals surface area contributed by atoms with Gasteiger partial charge in [-0.25, -0.2) is 0 Å². The van der Waals surface area contributed by atoms with Gasteiger partial charge in [0, 0.05) is 12.1 Å². The zero-order valence-corrected chi connectivity index (χ0v) is 11.6. The summed E-state index contributed by atoms with van der Waals surface area (Å²) in [4.78, 5) is 24.6. The van der Waals surface area contributed by atoms with Crippen molar-refractivity contribution < 1.29 is 19.4 Å². The molecule has 0 aromatic heterocycles. The molecule has 0 bridgehead atoms. The maximum atomic E-state index is 11.8. The Balaban J connectivity index is 2.92. The maximum Gasteiger partial charge on any atom is 0.317 e. The third-order valence-electron chi connectivity index (χ3n) is 4.56. The van der Waals surface area contributed by atoms with Crippen LogP contribution >= 0.6 is 0 Å². The molecule has 0 aliphatic carbocycles. The van der Waals surface area contributed by atoms with E-state index in [4.69, 9.17) is 9.84 Å². The molecule has 1 rings (SSSR count). The number of hydrogen-bond donors (Lipinski definition) is 1. The van der Waals surface area contributed by atoms with Gasteiger partial charge >= 0.3 is 11.9 Å². The van der Waals surface area contributed by atoms with Crippen molar-refractivity contribution in [3.05, 3.63) is 0 Å². The fourth-order valence-electron chi connectivity index (χ4n) is 2.96. The highest BCUT2D eigenvalue weighted by Gasteiger charge is 2.46. The highest BCUT2D eigenvalue weighted by Crippen LogP contribution is 2.39. The number of nitrogens with zero attached hydrogens (tertiary/aromatic N) is 1. The van der Waals surface area contributed by atoms with Gasteiger partial charge in [0.05, 0.1) is 19.6 Å². The number of rotatable bonds is 4. The fraction of sp³-hybridized carbons (Fsp3) is 0.846. The Labute approximate surface area is 108 Å². The highest BCUT2D eigenvalue weighted by molar-refractivity contribution is 5.73. The first-order valence-corrected chi connectivity index (χ1v) is 6.41. The van der Waals surface area contributed by atoms with Crippen LogP contribution in [-0.4, -0.2) is 47.7 Å². The molecule has 5 nitrogen and oxygen atoms in total. The number of carbonyl (C=O) groups excluding carboxylic acids is 1. The lowest BCUT2D eigenvalue weighted by molar-refractivity contribution is -0.155. The average molecular weight is 257 g/mol. The van der Waals surface area contributed by atoms with Crippen molar-refractivity contribution >= 4 is 11.9 Å². The van der Waals surface area contributed by atoms with E-state index < -0.39 is 5.97 Å². The molecule has 1 fully saturated rings. The predicted octanol–water partition coefficient (Wildman–Crippen LogP) is 1.37. The number of esters is 1. The molecule has 0 amide bonds. The Kier molecular flexibility index (Phi) is 4.73. The van der Waals surface area contributed by atoms with E-state index in [-0.39, 0.29) is 29.9 Å². The smallest absolute Gasteiger partial charge is 0.317 e. The van der Waals surface area contributed by atoms with Crippen LogP contribution in [0.2, 0.25) is 0 Å². The Morgan fingerprint density at radius 1 is 1.50 bits per heavy atom. The molecule has 1 aliphatic heterocycles. The van der Waals surface area contributed by atoms with Gasteiger partial charge in [0.2, 0.25) is 0 Å². The van der Waals surface area contributed by atoms with Gasteiger partial charge in [-0.2, -0.15) is 0 Å². The van der Waals surface area contributed by atoms with E-state index in [2.05, 4.69) is 0 Å². The molecule has 3 atom stereocenters. The van der Waals surface area contributed by atoms with E-state index in [9.17, 15) is 9.59 Å². The molecule has 1 saturated heterocycles. The summed E-state index contributed by atoms with van der Waals surface area (Å²) in [6.45, 7) is 6.74. The second-order valence-corrected chi connectivity index (χ2v) is 5.23. The first-order chi connectivity index (χ1) is 8.36. The van der Waals surface area contributed by atoms with Crippen LogP contribution < -0.4 is 0 Å². The average Bonchev–Trinajstić information content (AvgIpc) is 2.34. The summed E-state index contributed by atoms with van der Waals surface area (Å²) in [7, 11) is 1.40. The minimum absolute atomic E-state index is 0.0303. The molecule has 0 saturated carbocycles. The number of aliphatic carboxylic acids is 1. The molecular weight excluding hydrogens is 234 g/mol. The van der Waals surface area contributed by atoms with Crippen molar-refractivity contribution in [3.63, 3.8) is 0 Å². The number of methoxy groups -OCH3 is 1. The number of hydrogen-bond acceptors (Lipinski definition) is 4. The molecule has 3 unspecified atom stereocenters. The van der Waals surface area contributed by atoms with E-state index in [1.165, 1.54) is 7.11 Å². The number of likely N-dealkylation sites (tertiary alicyclic amines) is 1. The van der Waals surface area contributed by atoms with Gasteiger partial charge in [0.15, 0.2) is 0 Å². The third-order valence-corrected chi connectivity index (χ3v) is 4.56. The Bertz CT molecular complexity index is 331. The number of carboxylic acids is 1. The lowest BCUT2D eigenvalue weighted by Crippen LogP contribution is -2.59. The van der Waals surface area contributed by atoms with E-state index in [1.807, 2.05) is 25.7 Å². The topological polar surface area (TPSA) is 66.8 Å². The van der Waals surface area contributed by atoms with Crippen LogP contribution in [0.4, 0.5) is 0 Å². The molecule has 18 heavy (non-hydrogen) atoms. The molecule has 104 valence electrons. The van der Waals surface area contributed by atoms with Crippen molar-refractivity contribution in [2.24, 2.45) is 11.8 Å². The van der Waals surface area contributed by atoms with Crippen molar-refractivity contribution in [1.29, 1.82) is 0 Å². The molecule has 0 spiro atoms. The molecule has 1 aliphatic rings. The zero-order valence-electron chi connectivity index (χ0n) is 11.6. The molecular formula is C13H23NO4. The summed E-state index contributed by atoms with van der Waals surface area (Å²) >= 11 is 0. The minimum Gasteiger partial charge on any atom is -0.480 e. The van der Waals surface area contributed by atoms with Gasteiger partial charge in [0.25, 0.3) is 0 Å². The summed E-state index contributed by atoms with van der Waals surface area (Å²) < 4.78 is 4.84. The SMILES string of the molecule is CCC1(C)C(C)C(C(=O)OC)CCN1CC(=O)O. The maximum absolute atomic E-state index is 11.8. The van der Waals surface area contributed by atoms with Gasteiger partial charge in [0.1, 0.15) is 0 Å². The Morgan fingerprint density at radius 2 is 2.11 bits per heavy atom. The minimum atomic E-state index is -0.821. The number of ether oxygens (including phenoxy) is 1. The summed E-state index contributed by atoms with van der Waals surface area (Å²) in [6, 6.07) is 0. The number of carbonyl (C=O) groups is 2. The molecule has 0 radical (unpaired) electrons. The monoisotopic (exact) mass is 257 g/mol. The van der Waals surface area contributed by atoms with Gasteiger partial charge in [-0.1, -0.05) is 13.8 Å².